The summed E-state index contributed by atoms with van der Waals surface area (Å²) in [6.07, 6.45) is 0. The zero-order valence-corrected chi connectivity index (χ0v) is 12.2. The second kappa shape index (κ2) is 5.50. The lowest BCUT2D eigenvalue weighted by molar-refractivity contribution is -0.0166. The molecule has 0 amide bonds. The van der Waals surface area contributed by atoms with Crippen LogP contribution in [0.25, 0.3) is 0 Å². The first kappa shape index (κ1) is 14.0. The molecular weight excluding hydrogens is 196 g/mol. The van der Waals surface area contributed by atoms with E-state index in [2.05, 4.69) is 58.3 Å². The van der Waals surface area contributed by atoms with Gasteiger partial charge in [-0.05, 0) is 40.5 Å². The van der Waals surface area contributed by atoms with Crippen molar-refractivity contribution in [3.63, 3.8) is 0 Å². The van der Waals surface area contributed by atoms with Crippen LogP contribution in [0.3, 0.4) is 0 Å². The average molecular weight is 226 g/mol. The first-order valence-corrected chi connectivity index (χ1v) is 6.86. The number of hydrogen-bond acceptors (Lipinski definition) is 2. The van der Waals surface area contributed by atoms with Gasteiger partial charge < -0.3 is 0 Å². The third-order valence-corrected chi connectivity index (χ3v) is 3.96. The molecule has 1 aliphatic rings. The molecule has 1 fully saturated rings. The van der Waals surface area contributed by atoms with Crippen LogP contribution in [-0.2, 0) is 0 Å². The monoisotopic (exact) mass is 226 g/mol. The highest BCUT2D eigenvalue weighted by Crippen LogP contribution is 2.24. The third-order valence-electron chi connectivity index (χ3n) is 3.96. The molecular formula is C14H30N2. The number of rotatable bonds is 3. The molecule has 0 radical (unpaired) electrons. The standard InChI is InChI=1S/C14H30N2/c1-10(2)14-9-15(11(3)4)13(7)8-16(14)12(5)6/h10-14H,8-9H2,1-7H3. The van der Waals surface area contributed by atoms with Gasteiger partial charge >= 0.3 is 0 Å². The zero-order chi connectivity index (χ0) is 12.5. The van der Waals surface area contributed by atoms with Crippen LogP contribution in [0.15, 0.2) is 0 Å². The van der Waals surface area contributed by atoms with E-state index in [1.165, 1.54) is 13.1 Å². The summed E-state index contributed by atoms with van der Waals surface area (Å²) in [6.45, 7) is 18.8. The van der Waals surface area contributed by atoms with Crippen molar-refractivity contribution in [3.05, 3.63) is 0 Å². The fourth-order valence-corrected chi connectivity index (χ4v) is 2.95. The molecule has 2 nitrogen and oxygen atoms in total. The molecule has 0 aliphatic carbocycles. The summed E-state index contributed by atoms with van der Waals surface area (Å²) in [5.74, 6) is 0.746. The predicted octanol–water partition coefficient (Wildman–Crippen LogP) is 2.83. The molecule has 16 heavy (non-hydrogen) atoms. The molecule has 0 spiro atoms. The minimum atomic E-state index is 0.671. The van der Waals surface area contributed by atoms with E-state index in [0.717, 1.165) is 12.0 Å². The summed E-state index contributed by atoms with van der Waals surface area (Å²) < 4.78 is 0. The molecule has 1 heterocycles. The van der Waals surface area contributed by atoms with E-state index in [9.17, 15) is 0 Å². The van der Waals surface area contributed by atoms with Crippen molar-refractivity contribution in [2.75, 3.05) is 13.1 Å². The third kappa shape index (κ3) is 2.98. The molecule has 1 aliphatic heterocycles. The Morgan fingerprint density at radius 3 is 1.69 bits per heavy atom. The fourth-order valence-electron chi connectivity index (χ4n) is 2.95. The van der Waals surface area contributed by atoms with Crippen molar-refractivity contribution >= 4 is 0 Å². The van der Waals surface area contributed by atoms with Gasteiger partial charge in [-0.3, -0.25) is 9.80 Å². The van der Waals surface area contributed by atoms with Gasteiger partial charge in [0.15, 0.2) is 0 Å². The second-order valence-electron chi connectivity index (χ2n) is 6.24. The molecule has 0 bridgehead atoms. The summed E-state index contributed by atoms with van der Waals surface area (Å²) in [7, 11) is 0. The van der Waals surface area contributed by atoms with Gasteiger partial charge in [0.25, 0.3) is 0 Å². The van der Waals surface area contributed by atoms with Crippen molar-refractivity contribution in [1.82, 2.24) is 9.80 Å². The lowest BCUT2D eigenvalue weighted by atomic mass is 9.95. The highest BCUT2D eigenvalue weighted by Gasteiger charge is 2.35. The Hall–Kier alpha value is -0.0800. The minimum Gasteiger partial charge on any atom is -0.295 e. The van der Waals surface area contributed by atoms with Crippen LogP contribution in [-0.4, -0.2) is 47.1 Å². The number of hydrogen-bond donors (Lipinski definition) is 0. The number of nitrogens with zero attached hydrogens (tertiary/aromatic N) is 2. The predicted molar refractivity (Wildman–Crippen MR) is 71.8 cm³/mol. The van der Waals surface area contributed by atoms with Crippen LogP contribution < -0.4 is 0 Å². The Labute approximate surface area is 102 Å². The summed E-state index contributed by atoms with van der Waals surface area (Å²) in [6, 6.07) is 2.76. The molecule has 0 N–H and O–H groups in total. The highest BCUT2D eigenvalue weighted by molar-refractivity contribution is 4.90. The molecule has 2 atom stereocenters. The summed E-state index contributed by atoms with van der Waals surface area (Å²) in [4.78, 5) is 5.34. The van der Waals surface area contributed by atoms with Gasteiger partial charge in [0.2, 0.25) is 0 Å². The molecule has 2 unspecified atom stereocenters. The first-order valence-electron chi connectivity index (χ1n) is 6.86. The van der Waals surface area contributed by atoms with Gasteiger partial charge in [-0.15, -0.1) is 0 Å². The van der Waals surface area contributed by atoms with E-state index in [-0.39, 0.29) is 0 Å². The fraction of sp³-hybridized carbons (Fsp3) is 1.00. The lowest BCUT2D eigenvalue weighted by Crippen LogP contribution is -2.62. The van der Waals surface area contributed by atoms with E-state index < -0.39 is 0 Å². The Kier molecular flexibility index (Phi) is 4.81. The average Bonchev–Trinajstić information content (AvgIpc) is 2.15. The summed E-state index contributed by atoms with van der Waals surface area (Å²) in [5.41, 5.74) is 0. The van der Waals surface area contributed by atoms with E-state index in [0.29, 0.717) is 18.1 Å². The normalized spacial score (nSPS) is 29.6. The van der Waals surface area contributed by atoms with Gasteiger partial charge in [0.05, 0.1) is 0 Å². The van der Waals surface area contributed by atoms with Crippen LogP contribution in [0.1, 0.15) is 48.5 Å². The smallest absolute Gasteiger partial charge is 0.0249 e. The van der Waals surface area contributed by atoms with Gasteiger partial charge in [-0.2, -0.15) is 0 Å². The molecule has 2 heteroatoms. The van der Waals surface area contributed by atoms with E-state index in [1.54, 1.807) is 0 Å². The molecule has 1 rings (SSSR count). The Morgan fingerprint density at radius 1 is 0.812 bits per heavy atom. The maximum atomic E-state index is 2.69. The van der Waals surface area contributed by atoms with Crippen molar-refractivity contribution in [2.24, 2.45) is 5.92 Å². The summed E-state index contributed by atoms with van der Waals surface area (Å²) >= 11 is 0. The van der Waals surface area contributed by atoms with Crippen LogP contribution in [0.2, 0.25) is 0 Å². The largest absolute Gasteiger partial charge is 0.295 e. The molecule has 0 aromatic carbocycles. The molecule has 0 aromatic rings. The van der Waals surface area contributed by atoms with Crippen LogP contribution in [0, 0.1) is 5.92 Å². The Bertz CT molecular complexity index is 211. The Balaban J connectivity index is 2.78. The van der Waals surface area contributed by atoms with Gasteiger partial charge in [0, 0.05) is 37.3 Å². The van der Waals surface area contributed by atoms with Crippen LogP contribution >= 0.6 is 0 Å². The quantitative estimate of drug-likeness (QED) is 0.730. The first-order chi connectivity index (χ1) is 7.34. The van der Waals surface area contributed by atoms with E-state index in [1.807, 2.05) is 0 Å². The SMILES string of the molecule is CC(C)C1CN(C(C)C)C(C)CN1C(C)C. The van der Waals surface area contributed by atoms with Crippen LogP contribution in [0.4, 0.5) is 0 Å². The van der Waals surface area contributed by atoms with E-state index in [4.69, 9.17) is 0 Å². The maximum absolute atomic E-state index is 2.69. The van der Waals surface area contributed by atoms with E-state index >= 15 is 0 Å². The maximum Gasteiger partial charge on any atom is 0.0249 e. The van der Waals surface area contributed by atoms with Gasteiger partial charge in [0.1, 0.15) is 0 Å². The zero-order valence-electron chi connectivity index (χ0n) is 12.2. The second-order valence-corrected chi connectivity index (χ2v) is 6.24. The molecule has 96 valence electrons. The minimum absolute atomic E-state index is 0.671. The van der Waals surface area contributed by atoms with Crippen molar-refractivity contribution < 1.29 is 0 Å². The highest BCUT2D eigenvalue weighted by atomic mass is 15.3. The van der Waals surface area contributed by atoms with Crippen molar-refractivity contribution in [2.45, 2.75) is 72.6 Å². The summed E-state index contributed by atoms with van der Waals surface area (Å²) in [5, 5.41) is 0. The topological polar surface area (TPSA) is 6.48 Å². The Morgan fingerprint density at radius 2 is 1.31 bits per heavy atom. The molecule has 0 aromatic heterocycles. The van der Waals surface area contributed by atoms with Crippen molar-refractivity contribution in [3.8, 4) is 0 Å². The lowest BCUT2D eigenvalue weighted by Gasteiger charge is -2.50. The van der Waals surface area contributed by atoms with Gasteiger partial charge in [-0.1, -0.05) is 13.8 Å². The van der Waals surface area contributed by atoms with Gasteiger partial charge in [-0.25, -0.2) is 0 Å². The molecule has 0 saturated carbocycles. The number of piperazine rings is 1. The molecule has 1 saturated heterocycles. The van der Waals surface area contributed by atoms with Crippen molar-refractivity contribution in [1.29, 1.82) is 0 Å². The van der Waals surface area contributed by atoms with Crippen LogP contribution in [0.5, 0.6) is 0 Å².